The Morgan fingerprint density at radius 3 is 2.43 bits per heavy atom. The van der Waals surface area contributed by atoms with Crippen molar-refractivity contribution in [1.82, 2.24) is 9.78 Å². The Morgan fingerprint density at radius 1 is 1.33 bits per heavy atom. The minimum Gasteiger partial charge on any atom is -0.487 e. The van der Waals surface area contributed by atoms with Gasteiger partial charge in [-0.3, -0.25) is 4.68 Å². The van der Waals surface area contributed by atoms with Gasteiger partial charge >= 0.3 is 0 Å². The van der Waals surface area contributed by atoms with Crippen molar-refractivity contribution < 1.29 is 21.9 Å². The summed E-state index contributed by atoms with van der Waals surface area (Å²) in [6.07, 6.45) is 1.99. The van der Waals surface area contributed by atoms with Crippen molar-refractivity contribution in [3.05, 3.63) is 41.7 Å². The maximum absolute atomic E-state index is 13.7. The molecule has 0 bridgehead atoms. The van der Waals surface area contributed by atoms with Crippen LogP contribution in [0.25, 0.3) is 0 Å². The van der Waals surface area contributed by atoms with Crippen LogP contribution in [0.4, 0.5) is 8.78 Å². The van der Waals surface area contributed by atoms with Crippen LogP contribution in [0.5, 0.6) is 5.75 Å². The molecule has 0 saturated heterocycles. The van der Waals surface area contributed by atoms with Crippen molar-refractivity contribution in [1.29, 1.82) is 0 Å². The van der Waals surface area contributed by atoms with Gasteiger partial charge in [-0.25, -0.2) is 17.2 Å². The van der Waals surface area contributed by atoms with Crippen molar-refractivity contribution in [2.24, 2.45) is 7.05 Å². The molecule has 0 radical (unpaired) electrons. The van der Waals surface area contributed by atoms with Crippen LogP contribution in [0.2, 0.25) is 0 Å². The predicted octanol–water partition coefficient (Wildman–Crippen LogP) is 2.25. The maximum Gasteiger partial charge on any atom is 0.261 e. The van der Waals surface area contributed by atoms with Crippen LogP contribution >= 0.6 is 10.7 Å². The van der Waals surface area contributed by atoms with Crippen molar-refractivity contribution in [3.8, 4) is 5.75 Å². The number of aromatic nitrogens is 2. The average molecular weight is 337 g/mol. The lowest BCUT2D eigenvalue weighted by atomic mass is 10.3. The third kappa shape index (κ3) is 3.70. The summed E-state index contributed by atoms with van der Waals surface area (Å²) in [5, 5.41) is 3.95. The summed E-state index contributed by atoms with van der Waals surface area (Å²) in [7, 11) is 2.56. The number of hydrogen-bond acceptors (Lipinski definition) is 4. The molecule has 114 valence electrons. The molecule has 0 spiro atoms. The van der Waals surface area contributed by atoms with Crippen LogP contribution < -0.4 is 4.74 Å². The van der Waals surface area contributed by atoms with Crippen LogP contribution in [0.3, 0.4) is 0 Å². The SMILES string of the molecule is Cn1nccc1CCOc1c(F)cc(S(=O)(=O)Cl)cc1F. The van der Waals surface area contributed by atoms with E-state index in [9.17, 15) is 17.2 Å². The summed E-state index contributed by atoms with van der Waals surface area (Å²) in [6.45, 7) is 0.0142. The van der Waals surface area contributed by atoms with Crippen LogP contribution in [-0.2, 0) is 22.5 Å². The van der Waals surface area contributed by atoms with E-state index in [4.69, 9.17) is 15.4 Å². The lowest BCUT2D eigenvalue weighted by Gasteiger charge is -2.09. The number of nitrogens with zero attached hydrogens (tertiary/aromatic N) is 2. The summed E-state index contributed by atoms with van der Waals surface area (Å²) >= 11 is 0. The molecule has 9 heteroatoms. The van der Waals surface area contributed by atoms with E-state index in [1.165, 1.54) is 0 Å². The summed E-state index contributed by atoms with van der Waals surface area (Å²) in [6, 6.07) is 2.98. The summed E-state index contributed by atoms with van der Waals surface area (Å²) in [5.74, 6) is -2.89. The molecule has 0 N–H and O–H groups in total. The van der Waals surface area contributed by atoms with E-state index in [0.717, 1.165) is 5.69 Å². The van der Waals surface area contributed by atoms with E-state index in [2.05, 4.69) is 5.10 Å². The van der Waals surface area contributed by atoms with Crippen molar-refractivity contribution in [2.45, 2.75) is 11.3 Å². The third-order valence-electron chi connectivity index (χ3n) is 2.78. The summed E-state index contributed by atoms with van der Waals surface area (Å²) < 4.78 is 56.1. The third-order valence-corrected chi connectivity index (χ3v) is 4.11. The lowest BCUT2D eigenvalue weighted by molar-refractivity contribution is 0.285. The van der Waals surface area contributed by atoms with Crippen molar-refractivity contribution >= 4 is 19.7 Å². The molecule has 0 fully saturated rings. The first-order valence-electron chi connectivity index (χ1n) is 5.82. The molecule has 0 saturated carbocycles. The van der Waals surface area contributed by atoms with Gasteiger partial charge in [0.15, 0.2) is 17.4 Å². The fourth-order valence-corrected chi connectivity index (χ4v) is 2.48. The Labute approximate surface area is 124 Å². The molecule has 0 atom stereocenters. The van der Waals surface area contributed by atoms with Crippen LogP contribution in [0.15, 0.2) is 29.3 Å². The highest BCUT2D eigenvalue weighted by molar-refractivity contribution is 8.13. The van der Waals surface area contributed by atoms with E-state index < -0.39 is 31.3 Å². The van der Waals surface area contributed by atoms with Gasteiger partial charge in [0, 0.05) is 36.0 Å². The second-order valence-electron chi connectivity index (χ2n) is 4.20. The molecule has 0 aliphatic rings. The standard InChI is InChI=1S/C12H11ClF2N2O3S/c1-17-8(2-4-16-17)3-5-20-12-10(14)6-9(7-11(12)15)21(13,18)19/h2,4,6-7H,3,5H2,1H3. The number of ether oxygens (including phenoxy) is 1. The number of rotatable bonds is 5. The molecule has 0 amide bonds. The van der Waals surface area contributed by atoms with Gasteiger partial charge in [-0.2, -0.15) is 5.10 Å². The van der Waals surface area contributed by atoms with Gasteiger partial charge in [-0.05, 0) is 18.2 Å². The summed E-state index contributed by atoms with van der Waals surface area (Å²) in [4.78, 5) is -0.654. The minimum atomic E-state index is -4.20. The predicted molar refractivity (Wildman–Crippen MR) is 71.8 cm³/mol. The number of benzene rings is 1. The smallest absolute Gasteiger partial charge is 0.261 e. The largest absolute Gasteiger partial charge is 0.487 e. The fourth-order valence-electron chi connectivity index (χ4n) is 1.72. The van der Waals surface area contributed by atoms with Gasteiger partial charge in [0.2, 0.25) is 0 Å². The molecule has 2 aromatic rings. The molecule has 0 aliphatic heterocycles. The molecule has 1 aromatic heterocycles. The first kappa shape index (κ1) is 15.7. The Kier molecular flexibility index (Phi) is 4.48. The van der Waals surface area contributed by atoms with E-state index in [1.807, 2.05) is 0 Å². The topological polar surface area (TPSA) is 61.2 Å². The van der Waals surface area contributed by atoms with Gasteiger partial charge in [0.25, 0.3) is 9.05 Å². The monoisotopic (exact) mass is 336 g/mol. The fraction of sp³-hybridized carbons (Fsp3) is 0.250. The lowest BCUT2D eigenvalue weighted by Crippen LogP contribution is -2.08. The van der Waals surface area contributed by atoms with E-state index in [1.54, 1.807) is 24.0 Å². The molecular weight excluding hydrogens is 326 g/mol. The number of hydrogen-bond donors (Lipinski definition) is 0. The van der Waals surface area contributed by atoms with E-state index in [-0.39, 0.29) is 6.61 Å². The van der Waals surface area contributed by atoms with Gasteiger partial charge < -0.3 is 4.74 Å². The maximum atomic E-state index is 13.7. The quantitative estimate of drug-likeness (QED) is 0.786. The number of halogens is 3. The Bertz CT molecular complexity index is 739. The van der Waals surface area contributed by atoms with E-state index >= 15 is 0 Å². The van der Waals surface area contributed by atoms with Crippen LogP contribution in [0.1, 0.15) is 5.69 Å². The first-order chi connectivity index (χ1) is 9.79. The van der Waals surface area contributed by atoms with Crippen molar-refractivity contribution in [2.75, 3.05) is 6.61 Å². The molecular formula is C12H11ClF2N2O3S. The number of aryl methyl sites for hydroxylation is 1. The molecule has 2 rings (SSSR count). The molecule has 5 nitrogen and oxygen atoms in total. The zero-order valence-corrected chi connectivity index (χ0v) is 12.5. The second kappa shape index (κ2) is 5.98. The second-order valence-corrected chi connectivity index (χ2v) is 6.76. The Morgan fingerprint density at radius 2 is 1.95 bits per heavy atom. The molecule has 1 aromatic carbocycles. The first-order valence-corrected chi connectivity index (χ1v) is 8.13. The van der Waals surface area contributed by atoms with Gasteiger partial charge in [-0.1, -0.05) is 0 Å². The Balaban J connectivity index is 2.12. The highest BCUT2D eigenvalue weighted by atomic mass is 35.7. The summed E-state index contributed by atoms with van der Waals surface area (Å²) in [5.41, 5.74) is 0.829. The van der Waals surface area contributed by atoms with Gasteiger partial charge in [0.1, 0.15) is 0 Å². The molecule has 21 heavy (non-hydrogen) atoms. The van der Waals surface area contributed by atoms with E-state index in [0.29, 0.717) is 18.6 Å². The highest BCUT2D eigenvalue weighted by Crippen LogP contribution is 2.27. The average Bonchev–Trinajstić information content (AvgIpc) is 2.77. The van der Waals surface area contributed by atoms with Gasteiger partial charge in [-0.15, -0.1) is 0 Å². The minimum absolute atomic E-state index is 0.0142. The molecule has 0 aliphatic carbocycles. The highest BCUT2D eigenvalue weighted by Gasteiger charge is 2.19. The Hall–Kier alpha value is -1.67. The van der Waals surface area contributed by atoms with Crippen LogP contribution in [0, 0.1) is 11.6 Å². The van der Waals surface area contributed by atoms with Gasteiger partial charge in [0.05, 0.1) is 11.5 Å². The normalized spacial score (nSPS) is 11.6. The van der Waals surface area contributed by atoms with Crippen molar-refractivity contribution in [3.63, 3.8) is 0 Å². The van der Waals surface area contributed by atoms with Crippen LogP contribution in [-0.4, -0.2) is 24.8 Å². The zero-order valence-electron chi connectivity index (χ0n) is 10.9. The molecule has 1 heterocycles. The zero-order chi connectivity index (χ0) is 15.6. The molecule has 0 unspecified atom stereocenters.